The molecule has 0 atom stereocenters. The SMILES string of the molecule is COc1cc(NC(=S)NC(=O)c2ccc(C(C)C)cc2)ccc1NC(=O)c1cc2ccccc2o1. The molecule has 1 aromatic heterocycles. The van der Waals surface area contributed by atoms with E-state index in [9.17, 15) is 9.59 Å². The average molecular weight is 488 g/mol. The number of hydrogen-bond acceptors (Lipinski definition) is 5. The standard InChI is InChI=1S/C27H25N3O4S/c1-16(2)17-8-10-18(11-9-17)25(31)30-27(35)28-20-12-13-21(23(15-20)33-3)29-26(32)24-14-19-6-4-5-7-22(19)34-24/h4-16H,1-3H3,(H,29,32)(H2,28,30,31,35). The minimum Gasteiger partial charge on any atom is -0.494 e. The number of hydrogen-bond donors (Lipinski definition) is 3. The number of amides is 2. The van der Waals surface area contributed by atoms with Crippen molar-refractivity contribution in [3.05, 3.63) is 89.7 Å². The van der Waals surface area contributed by atoms with E-state index in [1.165, 1.54) is 7.11 Å². The second-order valence-electron chi connectivity index (χ2n) is 8.20. The molecular formula is C27H25N3O4S. The van der Waals surface area contributed by atoms with Crippen LogP contribution >= 0.6 is 12.2 Å². The zero-order chi connectivity index (χ0) is 24.9. The highest BCUT2D eigenvalue weighted by molar-refractivity contribution is 7.80. The molecule has 178 valence electrons. The van der Waals surface area contributed by atoms with Crippen molar-refractivity contribution in [2.24, 2.45) is 0 Å². The molecule has 7 nitrogen and oxygen atoms in total. The summed E-state index contributed by atoms with van der Waals surface area (Å²) in [4.78, 5) is 25.2. The summed E-state index contributed by atoms with van der Waals surface area (Å²) >= 11 is 5.29. The van der Waals surface area contributed by atoms with Crippen molar-refractivity contribution in [3.8, 4) is 5.75 Å². The third-order valence-electron chi connectivity index (χ3n) is 5.42. The Morgan fingerprint density at radius 1 is 0.914 bits per heavy atom. The maximum absolute atomic E-state index is 12.7. The average Bonchev–Trinajstić information content (AvgIpc) is 3.29. The van der Waals surface area contributed by atoms with E-state index in [1.54, 1.807) is 42.5 Å². The van der Waals surface area contributed by atoms with Gasteiger partial charge >= 0.3 is 0 Å². The fourth-order valence-electron chi connectivity index (χ4n) is 3.51. The number of fused-ring (bicyclic) bond motifs is 1. The van der Waals surface area contributed by atoms with Gasteiger partial charge in [-0.3, -0.25) is 14.9 Å². The Morgan fingerprint density at radius 3 is 2.34 bits per heavy atom. The molecule has 0 spiro atoms. The van der Waals surface area contributed by atoms with Gasteiger partial charge in [0.05, 0.1) is 12.8 Å². The van der Waals surface area contributed by atoms with Crippen molar-refractivity contribution in [1.29, 1.82) is 0 Å². The number of carbonyl (C=O) groups excluding carboxylic acids is 2. The lowest BCUT2D eigenvalue weighted by Crippen LogP contribution is -2.34. The predicted octanol–water partition coefficient (Wildman–Crippen LogP) is 5.94. The van der Waals surface area contributed by atoms with Crippen molar-refractivity contribution < 1.29 is 18.7 Å². The lowest BCUT2D eigenvalue weighted by Gasteiger charge is -2.14. The van der Waals surface area contributed by atoms with Crippen molar-refractivity contribution in [3.63, 3.8) is 0 Å². The predicted molar refractivity (Wildman–Crippen MR) is 141 cm³/mol. The van der Waals surface area contributed by atoms with Gasteiger partial charge in [0, 0.05) is 22.7 Å². The minimum atomic E-state index is -0.397. The van der Waals surface area contributed by atoms with Crippen LogP contribution in [0.2, 0.25) is 0 Å². The van der Waals surface area contributed by atoms with Crippen LogP contribution in [-0.4, -0.2) is 24.0 Å². The van der Waals surface area contributed by atoms with Gasteiger partial charge in [0.25, 0.3) is 11.8 Å². The van der Waals surface area contributed by atoms with E-state index in [4.69, 9.17) is 21.4 Å². The van der Waals surface area contributed by atoms with Crippen LogP contribution in [0.3, 0.4) is 0 Å². The van der Waals surface area contributed by atoms with Crippen LogP contribution in [0, 0.1) is 0 Å². The number of anilines is 2. The molecule has 0 aliphatic heterocycles. The van der Waals surface area contributed by atoms with Gasteiger partial charge in [0.2, 0.25) is 0 Å². The van der Waals surface area contributed by atoms with E-state index in [0.29, 0.717) is 34.2 Å². The number of ether oxygens (including phenoxy) is 1. The minimum absolute atomic E-state index is 0.143. The summed E-state index contributed by atoms with van der Waals surface area (Å²) in [5.74, 6) is 0.293. The number of benzene rings is 3. The summed E-state index contributed by atoms with van der Waals surface area (Å²) < 4.78 is 11.0. The van der Waals surface area contributed by atoms with Crippen LogP contribution in [0.5, 0.6) is 5.75 Å². The molecule has 4 rings (SSSR count). The molecular weight excluding hydrogens is 462 g/mol. The molecule has 0 fully saturated rings. The van der Waals surface area contributed by atoms with Gasteiger partial charge in [-0.05, 0) is 60.1 Å². The lowest BCUT2D eigenvalue weighted by atomic mass is 10.0. The Bertz CT molecular complexity index is 1360. The van der Waals surface area contributed by atoms with E-state index in [-0.39, 0.29) is 16.8 Å². The first-order valence-corrected chi connectivity index (χ1v) is 11.4. The highest BCUT2D eigenvalue weighted by Crippen LogP contribution is 2.29. The van der Waals surface area contributed by atoms with Gasteiger partial charge < -0.3 is 19.8 Å². The van der Waals surface area contributed by atoms with E-state index >= 15 is 0 Å². The number of rotatable bonds is 6. The van der Waals surface area contributed by atoms with Gasteiger partial charge in [-0.2, -0.15) is 0 Å². The molecule has 4 aromatic rings. The third kappa shape index (κ3) is 5.67. The van der Waals surface area contributed by atoms with Crippen LogP contribution in [-0.2, 0) is 0 Å². The first-order valence-electron chi connectivity index (χ1n) is 11.0. The second-order valence-corrected chi connectivity index (χ2v) is 8.61. The van der Waals surface area contributed by atoms with Gasteiger partial charge in [0.15, 0.2) is 10.9 Å². The molecule has 35 heavy (non-hydrogen) atoms. The molecule has 1 heterocycles. The summed E-state index contributed by atoms with van der Waals surface area (Å²) in [5, 5.41) is 9.42. The molecule has 0 saturated heterocycles. The number of nitrogens with one attached hydrogen (secondary N) is 3. The first kappa shape index (κ1) is 24.0. The van der Waals surface area contributed by atoms with E-state index < -0.39 is 5.91 Å². The number of thiocarbonyl (C=S) groups is 1. The van der Waals surface area contributed by atoms with Crippen LogP contribution in [0.15, 0.2) is 77.2 Å². The smallest absolute Gasteiger partial charge is 0.291 e. The Kier molecular flexibility index (Phi) is 7.12. The quantitative estimate of drug-likeness (QED) is 0.291. The van der Waals surface area contributed by atoms with Crippen molar-refractivity contribution in [2.45, 2.75) is 19.8 Å². The summed E-state index contributed by atoms with van der Waals surface area (Å²) in [6.07, 6.45) is 0. The summed E-state index contributed by atoms with van der Waals surface area (Å²) in [6, 6.07) is 21.6. The summed E-state index contributed by atoms with van der Waals surface area (Å²) in [7, 11) is 1.50. The molecule has 3 N–H and O–H groups in total. The molecule has 0 unspecified atom stereocenters. The van der Waals surface area contributed by atoms with Gasteiger partial charge in [-0.25, -0.2) is 0 Å². The zero-order valence-corrected chi connectivity index (χ0v) is 20.4. The summed E-state index contributed by atoms with van der Waals surface area (Å²) in [6.45, 7) is 4.19. The fraction of sp³-hybridized carbons (Fsp3) is 0.148. The monoisotopic (exact) mass is 487 g/mol. The van der Waals surface area contributed by atoms with E-state index in [0.717, 1.165) is 10.9 Å². The second kappa shape index (κ2) is 10.4. The Balaban J connectivity index is 1.40. The van der Waals surface area contributed by atoms with E-state index in [2.05, 4.69) is 29.8 Å². The number of methoxy groups -OCH3 is 1. The fourth-order valence-corrected chi connectivity index (χ4v) is 3.72. The molecule has 8 heteroatoms. The van der Waals surface area contributed by atoms with Crippen LogP contribution in [0.4, 0.5) is 11.4 Å². The van der Waals surface area contributed by atoms with Crippen molar-refractivity contribution >= 4 is 51.5 Å². The van der Waals surface area contributed by atoms with Crippen LogP contribution in [0.25, 0.3) is 11.0 Å². The largest absolute Gasteiger partial charge is 0.494 e. The molecule has 3 aromatic carbocycles. The molecule has 0 bridgehead atoms. The van der Waals surface area contributed by atoms with Gasteiger partial charge in [0.1, 0.15) is 11.3 Å². The van der Waals surface area contributed by atoms with Crippen molar-refractivity contribution in [1.82, 2.24) is 5.32 Å². The maximum Gasteiger partial charge on any atom is 0.291 e. The van der Waals surface area contributed by atoms with Gasteiger partial charge in [-0.1, -0.05) is 44.2 Å². The number of carbonyl (C=O) groups is 2. The highest BCUT2D eigenvalue weighted by atomic mass is 32.1. The molecule has 0 aliphatic carbocycles. The highest BCUT2D eigenvalue weighted by Gasteiger charge is 2.15. The first-order chi connectivity index (χ1) is 16.8. The molecule has 2 amide bonds. The number of para-hydroxylation sites is 1. The normalized spacial score (nSPS) is 10.7. The topological polar surface area (TPSA) is 92.6 Å². The molecule has 0 radical (unpaired) electrons. The third-order valence-corrected chi connectivity index (χ3v) is 5.63. The Morgan fingerprint density at radius 2 is 1.66 bits per heavy atom. The summed E-state index contributed by atoms with van der Waals surface area (Å²) in [5.41, 5.74) is 3.35. The Hall–Kier alpha value is -4.17. The van der Waals surface area contributed by atoms with E-state index in [1.807, 2.05) is 30.3 Å². The van der Waals surface area contributed by atoms with Crippen molar-refractivity contribution in [2.75, 3.05) is 17.7 Å². The molecule has 0 saturated carbocycles. The van der Waals surface area contributed by atoms with Crippen LogP contribution < -0.4 is 20.7 Å². The Labute approximate surface area is 208 Å². The lowest BCUT2D eigenvalue weighted by molar-refractivity contribution is 0.0975. The maximum atomic E-state index is 12.7. The zero-order valence-electron chi connectivity index (χ0n) is 19.5. The van der Waals surface area contributed by atoms with Crippen LogP contribution in [0.1, 0.15) is 46.2 Å². The molecule has 0 aliphatic rings. The number of furan rings is 1. The van der Waals surface area contributed by atoms with Gasteiger partial charge in [-0.15, -0.1) is 0 Å².